The fraction of sp³-hybridized carbons (Fsp3) is 0.125. The van der Waals surface area contributed by atoms with E-state index in [1.807, 2.05) is 0 Å². The topological polar surface area (TPSA) is 59.6 Å². The van der Waals surface area contributed by atoms with Gasteiger partial charge in [0, 0.05) is 11.3 Å². The van der Waals surface area contributed by atoms with Crippen molar-refractivity contribution in [3.63, 3.8) is 0 Å². The Kier molecular flexibility index (Phi) is 5.48. The summed E-state index contributed by atoms with van der Waals surface area (Å²) in [6.07, 6.45) is 0. The Bertz CT molecular complexity index is 720. The van der Waals surface area contributed by atoms with Crippen molar-refractivity contribution in [2.24, 2.45) is 0 Å². The molecule has 2 aromatic rings. The quantitative estimate of drug-likeness (QED) is 0.842. The molecule has 0 aliphatic heterocycles. The van der Waals surface area contributed by atoms with Gasteiger partial charge in [0.25, 0.3) is 5.91 Å². The van der Waals surface area contributed by atoms with Gasteiger partial charge in [0.15, 0.2) is 16.6 Å². The number of ether oxygens (including phenoxy) is 2. The average molecular weight is 334 g/mol. The van der Waals surface area contributed by atoms with Gasteiger partial charge in [-0.25, -0.2) is 4.39 Å². The lowest BCUT2D eigenvalue weighted by atomic mass is 10.2. The number of methoxy groups -OCH3 is 2. The number of carbonyl (C=O) groups excluding carboxylic acids is 1. The number of hydrogen-bond donors (Lipinski definition) is 2. The van der Waals surface area contributed by atoms with Crippen LogP contribution in [0, 0.1) is 5.82 Å². The van der Waals surface area contributed by atoms with Crippen LogP contribution in [0.3, 0.4) is 0 Å². The summed E-state index contributed by atoms with van der Waals surface area (Å²) in [6.45, 7) is 0. The number of rotatable bonds is 4. The van der Waals surface area contributed by atoms with Gasteiger partial charge in [0.1, 0.15) is 5.82 Å². The largest absolute Gasteiger partial charge is 0.493 e. The maximum absolute atomic E-state index is 12.8. The smallest absolute Gasteiger partial charge is 0.257 e. The Labute approximate surface area is 138 Å². The van der Waals surface area contributed by atoms with Crippen molar-refractivity contribution in [1.29, 1.82) is 0 Å². The molecule has 0 bridgehead atoms. The molecule has 0 atom stereocenters. The number of carbonyl (C=O) groups is 1. The molecule has 7 heteroatoms. The molecule has 23 heavy (non-hydrogen) atoms. The molecule has 0 saturated carbocycles. The number of amides is 1. The second-order valence-electron chi connectivity index (χ2n) is 4.48. The fourth-order valence-corrected chi connectivity index (χ4v) is 2.06. The highest BCUT2D eigenvalue weighted by atomic mass is 32.1. The molecule has 5 nitrogen and oxygen atoms in total. The number of nitrogens with one attached hydrogen (secondary N) is 2. The van der Waals surface area contributed by atoms with E-state index in [4.69, 9.17) is 21.7 Å². The van der Waals surface area contributed by atoms with Gasteiger partial charge >= 0.3 is 0 Å². The number of thiocarbonyl (C=S) groups is 1. The monoisotopic (exact) mass is 334 g/mol. The van der Waals surface area contributed by atoms with E-state index in [-0.39, 0.29) is 10.9 Å². The zero-order valence-electron chi connectivity index (χ0n) is 12.6. The highest BCUT2D eigenvalue weighted by Gasteiger charge is 2.12. The van der Waals surface area contributed by atoms with Gasteiger partial charge in [-0.2, -0.15) is 0 Å². The Morgan fingerprint density at radius 1 is 1.04 bits per heavy atom. The highest BCUT2D eigenvalue weighted by molar-refractivity contribution is 7.80. The Morgan fingerprint density at radius 2 is 1.70 bits per heavy atom. The third-order valence-corrected chi connectivity index (χ3v) is 3.18. The molecule has 0 fully saturated rings. The first-order valence-electron chi connectivity index (χ1n) is 6.63. The van der Waals surface area contributed by atoms with Crippen LogP contribution in [-0.2, 0) is 0 Å². The van der Waals surface area contributed by atoms with Crippen LogP contribution in [0.4, 0.5) is 10.1 Å². The Balaban J connectivity index is 2.03. The Morgan fingerprint density at radius 3 is 2.30 bits per heavy atom. The predicted octanol–water partition coefficient (Wildman–Crippen LogP) is 2.97. The number of halogens is 1. The van der Waals surface area contributed by atoms with Gasteiger partial charge in [0.05, 0.1) is 14.2 Å². The molecular formula is C16H15FN2O3S. The van der Waals surface area contributed by atoms with Gasteiger partial charge in [-0.15, -0.1) is 0 Å². The molecule has 0 unspecified atom stereocenters. The molecule has 1 amide bonds. The SMILES string of the molecule is COc1ccc(C(=O)NC(=S)Nc2ccc(F)cc2)cc1OC. The van der Waals surface area contributed by atoms with Crippen LogP contribution < -0.4 is 20.1 Å². The summed E-state index contributed by atoms with van der Waals surface area (Å²) in [5.41, 5.74) is 0.940. The summed E-state index contributed by atoms with van der Waals surface area (Å²) in [6, 6.07) is 10.4. The molecular weight excluding hydrogens is 319 g/mol. The summed E-state index contributed by atoms with van der Waals surface area (Å²) in [5, 5.41) is 5.44. The van der Waals surface area contributed by atoms with Gasteiger partial charge in [-0.1, -0.05) is 0 Å². The second kappa shape index (κ2) is 7.55. The van der Waals surface area contributed by atoms with Crippen LogP contribution in [0.15, 0.2) is 42.5 Å². The zero-order valence-corrected chi connectivity index (χ0v) is 13.4. The van der Waals surface area contributed by atoms with E-state index in [0.29, 0.717) is 22.7 Å². The lowest BCUT2D eigenvalue weighted by Gasteiger charge is -2.11. The first-order chi connectivity index (χ1) is 11.0. The molecule has 0 aliphatic carbocycles. The van der Waals surface area contributed by atoms with Gasteiger partial charge in [-0.3, -0.25) is 10.1 Å². The van der Waals surface area contributed by atoms with Crippen molar-refractivity contribution in [2.45, 2.75) is 0 Å². The molecule has 0 saturated heterocycles. The summed E-state index contributed by atoms with van der Waals surface area (Å²) < 4.78 is 23.1. The summed E-state index contributed by atoms with van der Waals surface area (Å²) in [4.78, 5) is 12.2. The first-order valence-corrected chi connectivity index (χ1v) is 7.04. The summed E-state index contributed by atoms with van der Waals surface area (Å²) >= 11 is 5.06. The third-order valence-electron chi connectivity index (χ3n) is 2.97. The summed E-state index contributed by atoms with van der Waals surface area (Å²) in [5.74, 6) is 0.218. The molecule has 0 heterocycles. The van der Waals surface area contributed by atoms with Crippen molar-refractivity contribution in [3.05, 3.63) is 53.8 Å². The lowest BCUT2D eigenvalue weighted by Crippen LogP contribution is -2.34. The van der Waals surface area contributed by atoms with Crippen molar-refractivity contribution in [2.75, 3.05) is 19.5 Å². The minimum absolute atomic E-state index is 0.108. The number of benzene rings is 2. The van der Waals surface area contributed by atoms with E-state index in [0.717, 1.165) is 0 Å². The first kappa shape index (κ1) is 16.7. The van der Waals surface area contributed by atoms with E-state index < -0.39 is 5.91 Å². The van der Waals surface area contributed by atoms with Crippen molar-refractivity contribution >= 4 is 28.9 Å². The minimum Gasteiger partial charge on any atom is -0.493 e. The van der Waals surface area contributed by atoms with Crippen LogP contribution in [0.2, 0.25) is 0 Å². The normalized spacial score (nSPS) is 9.87. The standard InChI is InChI=1S/C16H15FN2O3S/c1-21-13-8-3-10(9-14(13)22-2)15(20)19-16(23)18-12-6-4-11(17)5-7-12/h3-9H,1-2H3,(H2,18,19,20,23). The van der Waals surface area contributed by atoms with Crippen LogP contribution in [0.1, 0.15) is 10.4 Å². The van der Waals surface area contributed by atoms with Crippen molar-refractivity contribution in [3.8, 4) is 11.5 Å². The highest BCUT2D eigenvalue weighted by Crippen LogP contribution is 2.27. The van der Waals surface area contributed by atoms with Crippen molar-refractivity contribution < 1.29 is 18.7 Å². The molecule has 2 N–H and O–H groups in total. The van der Waals surface area contributed by atoms with Crippen LogP contribution >= 0.6 is 12.2 Å². The van der Waals surface area contributed by atoms with Crippen LogP contribution in [0.25, 0.3) is 0 Å². The molecule has 120 valence electrons. The van der Waals surface area contributed by atoms with Crippen molar-refractivity contribution in [1.82, 2.24) is 5.32 Å². The fourth-order valence-electron chi connectivity index (χ4n) is 1.85. The third kappa shape index (κ3) is 4.40. The van der Waals surface area contributed by atoms with Crippen LogP contribution in [0.5, 0.6) is 11.5 Å². The molecule has 0 aliphatic rings. The minimum atomic E-state index is -0.398. The van der Waals surface area contributed by atoms with E-state index in [2.05, 4.69) is 10.6 Å². The lowest BCUT2D eigenvalue weighted by molar-refractivity contribution is 0.0977. The van der Waals surface area contributed by atoms with E-state index in [1.165, 1.54) is 38.5 Å². The zero-order chi connectivity index (χ0) is 16.8. The maximum Gasteiger partial charge on any atom is 0.257 e. The molecule has 2 aromatic carbocycles. The van der Waals surface area contributed by atoms with E-state index in [1.54, 1.807) is 18.2 Å². The van der Waals surface area contributed by atoms with E-state index in [9.17, 15) is 9.18 Å². The molecule has 0 aromatic heterocycles. The second-order valence-corrected chi connectivity index (χ2v) is 4.89. The van der Waals surface area contributed by atoms with Gasteiger partial charge < -0.3 is 14.8 Å². The number of hydrogen-bond acceptors (Lipinski definition) is 4. The van der Waals surface area contributed by atoms with Gasteiger partial charge in [-0.05, 0) is 54.7 Å². The van der Waals surface area contributed by atoms with Gasteiger partial charge in [0.2, 0.25) is 0 Å². The van der Waals surface area contributed by atoms with E-state index >= 15 is 0 Å². The molecule has 2 rings (SSSR count). The number of anilines is 1. The van der Waals surface area contributed by atoms with Crippen LogP contribution in [-0.4, -0.2) is 25.2 Å². The maximum atomic E-state index is 12.8. The average Bonchev–Trinajstić information content (AvgIpc) is 2.56. The predicted molar refractivity (Wildman–Crippen MR) is 89.6 cm³/mol. The summed E-state index contributed by atoms with van der Waals surface area (Å²) in [7, 11) is 3.00. The molecule has 0 radical (unpaired) electrons. The Hall–Kier alpha value is -2.67. The molecule has 0 spiro atoms.